The SMILES string of the molecule is N#Cc1ccc(-c2ccc(N(c3ccc(-c4nc5ccccc5o4)cc3)c3cc(C#N)cc(C#N)c3)cc2)cc1. The molecule has 0 saturated heterocycles. The molecule has 0 amide bonds. The Morgan fingerprint density at radius 3 is 1.60 bits per heavy atom. The number of aromatic nitrogens is 1. The third kappa shape index (κ3) is 4.63. The van der Waals surface area contributed by atoms with Crippen molar-refractivity contribution in [3.8, 4) is 40.8 Å². The second-order valence-corrected chi connectivity index (χ2v) is 9.10. The Labute approximate surface area is 230 Å². The highest BCUT2D eigenvalue weighted by atomic mass is 16.3. The van der Waals surface area contributed by atoms with E-state index in [1.807, 2.05) is 89.8 Å². The van der Waals surface area contributed by atoms with E-state index in [4.69, 9.17) is 9.68 Å². The molecular formula is C34H19N5O. The van der Waals surface area contributed by atoms with E-state index in [1.165, 1.54) is 0 Å². The molecule has 1 heterocycles. The maximum absolute atomic E-state index is 9.61. The van der Waals surface area contributed by atoms with Gasteiger partial charge >= 0.3 is 0 Å². The van der Waals surface area contributed by atoms with E-state index < -0.39 is 0 Å². The summed E-state index contributed by atoms with van der Waals surface area (Å²) in [5.74, 6) is 0.532. The van der Waals surface area contributed by atoms with Gasteiger partial charge in [-0.05, 0) is 90.0 Å². The van der Waals surface area contributed by atoms with Crippen LogP contribution in [0.4, 0.5) is 17.1 Å². The average Bonchev–Trinajstić information content (AvgIpc) is 3.46. The predicted molar refractivity (Wildman–Crippen MR) is 154 cm³/mol. The molecule has 5 aromatic carbocycles. The lowest BCUT2D eigenvalue weighted by Gasteiger charge is -2.26. The molecular weight excluding hydrogens is 494 g/mol. The van der Waals surface area contributed by atoms with Gasteiger partial charge in [0.1, 0.15) is 5.52 Å². The first-order valence-corrected chi connectivity index (χ1v) is 12.5. The molecule has 0 unspecified atom stereocenters. The number of benzene rings is 5. The molecule has 0 N–H and O–H groups in total. The number of hydrogen-bond donors (Lipinski definition) is 0. The maximum atomic E-state index is 9.61. The lowest BCUT2D eigenvalue weighted by molar-refractivity contribution is 0.620. The molecule has 0 spiro atoms. The average molecular weight is 514 g/mol. The van der Waals surface area contributed by atoms with E-state index in [2.05, 4.69) is 23.2 Å². The zero-order valence-corrected chi connectivity index (χ0v) is 21.1. The van der Waals surface area contributed by atoms with Crippen LogP contribution in [0.15, 0.2) is 120 Å². The molecule has 40 heavy (non-hydrogen) atoms. The number of anilines is 3. The molecule has 6 aromatic rings. The summed E-state index contributed by atoms with van der Waals surface area (Å²) in [6.07, 6.45) is 0. The predicted octanol–water partition coefficient (Wildman–Crippen LogP) is 8.25. The minimum absolute atomic E-state index is 0.399. The second-order valence-electron chi connectivity index (χ2n) is 9.10. The fourth-order valence-electron chi connectivity index (χ4n) is 4.61. The first kappa shape index (κ1) is 24.2. The monoisotopic (exact) mass is 513 g/mol. The summed E-state index contributed by atoms with van der Waals surface area (Å²) in [6.45, 7) is 0. The highest BCUT2D eigenvalue weighted by molar-refractivity contribution is 5.81. The Hall–Kier alpha value is -6.16. The fourth-order valence-corrected chi connectivity index (χ4v) is 4.61. The molecule has 0 aliphatic rings. The van der Waals surface area contributed by atoms with Crippen molar-refractivity contribution in [1.82, 2.24) is 4.98 Å². The summed E-state index contributed by atoms with van der Waals surface area (Å²) in [7, 11) is 0. The quantitative estimate of drug-likeness (QED) is 0.230. The second kappa shape index (κ2) is 10.3. The Bertz CT molecular complexity index is 1900. The van der Waals surface area contributed by atoms with E-state index in [-0.39, 0.29) is 0 Å². The Morgan fingerprint density at radius 2 is 1.05 bits per heavy atom. The molecule has 0 bridgehead atoms. The van der Waals surface area contributed by atoms with Crippen molar-refractivity contribution >= 4 is 28.2 Å². The third-order valence-electron chi connectivity index (χ3n) is 6.57. The summed E-state index contributed by atoms with van der Waals surface area (Å²) >= 11 is 0. The third-order valence-corrected chi connectivity index (χ3v) is 6.57. The van der Waals surface area contributed by atoms with Gasteiger partial charge in [0.15, 0.2) is 5.58 Å². The zero-order chi connectivity index (χ0) is 27.5. The van der Waals surface area contributed by atoms with Gasteiger partial charge in [0.05, 0.1) is 34.9 Å². The Balaban J connectivity index is 1.42. The fraction of sp³-hybridized carbons (Fsp3) is 0. The highest BCUT2D eigenvalue weighted by Gasteiger charge is 2.16. The molecule has 0 aliphatic carbocycles. The summed E-state index contributed by atoms with van der Waals surface area (Å²) in [6, 6.07) is 42.5. The molecule has 1 aromatic heterocycles. The first-order valence-electron chi connectivity index (χ1n) is 12.5. The summed E-state index contributed by atoms with van der Waals surface area (Å²) in [4.78, 5) is 6.60. The van der Waals surface area contributed by atoms with Crippen molar-refractivity contribution in [2.75, 3.05) is 4.90 Å². The van der Waals surface area contributed by atoms with Crippen LogP contribution in [-0.4, -0.2) is 4.98 Å². The van der Waals surface area contributed by atoms with Crippen molar-refractivity contribution in [3.63, 3.8) is 0 Å². The molecule has 0 saturated carbocycles. The van der Waals surface area contributed by atoms with E-state index in [9.17, 15) is 10.5 Å². The van der Waals surface area contributed by atoms with E-state index in [0.29, 0.717) is 28.3 Å². The van der Waals surface area contributed by atoms with Crippen molar-refractivity contribution in [1.29, 1.82) is 15.8 Å². The minimum atomic E-state index is 0.399. The number of rotatable bonds is 5. The van der Waals surface area contributed by atoms with Gasteiger partial charge in [0, 0.05) is 22.6 Å². The van der Waals surface area contributed by atoms with Gasteiger partial charge in [-0.25, -0.2) is 4.98 Å². The van der Waals surface area contributed by atoms with Gasteiger partial charge in [0.2, 0.25) is 5.89 Å². The van der Waals surface area contributed by atoms with Crippen molar-refractivity contribution in [2.45, 2.75) is 0 Å². The van der Waals surface area contributed by atoms with Crippen LogP contribution < -0.4 is 4.90 Å². The Morgan fingerprint density at radius 1 is 0.525 bits per heavy atom. The van der Waals surface area contributed by atoms with Crippen LogP contribution in [0, 0.1) is 34.0 Å². The van der Waals surface area contributed by atoms with Crippen molar-refractivity contribution < 1.29 is 4.42 Å². The van der Waals surface area contributed by atoms with Crippen LogP contribution in [0.3, 0.4) is 0 Å². The van der Waals surface area contributed by atoms with Crippen LogP contribution in [0.25, 0.3) is 33.7 Å². The molecule has 186 valence electrons. The maximum Gasteiger partial charge on any atom is 0.227 e. The van der Waals surface area contributed by atoms with Gasteiger partial charge in [0.25, 0.3) is 0 Å². The lowest BCUT2D eigenvalue weighted by atomic mass is 10.0. The van der Waals surface area contributed by atoms with Crippen LogP contribution in [0.2, 0.25) is 0 Å². The van der Waals surface area contributed by atoms with E-state index in [0.717, 1.165) is 39.2 Å². The number of nitriles is 3. The van der Waals surface area contributed by atoms with Gasteiger partial charge in [-0.1, -0.05) is 36.4 Å². The normalized spacial score (nSPS) is 10.4. The van der Waals surface area contributed by atoms with E-state index >= 15 is 0 Å². The molecule has 0 aliphatic heterocycles. The van der Waals surface area contributed by atoms with Gasteiger partial charge in [-0.2, -0.15) is 15.8 Å². The molecule has 6 heteroatoms. The molecule has 0 atom stereocenters. The molecule has 0 fully saturated rings. The Kier molecular flexibility index (Phi) is 6.23. The molecule has 6 rings (SSSR count). The van der Waals surface area contributed by atoms with Crippen LogP contribution >= 0.6 is 0 Å². The largest absolute Gasteiger partial charge is 0.436 e. The first-order chi connectivity index (χ1) is 19.6. The number of para-hydroxylation sites is 2. The minimum Gasteiger partial charge on any atom is -0.436 e. The smallest absolute Gasteiger partial charge is 0.227 e. The topological polar surface area (TPSA) is 101 Å². The van der Waals surface area contributed by atoms with Gasteiger partial charge < -0.3 is 9.32 Å². The number of oxazole rings is 1. The number of fused-ring (bicyclic) bond motifs is 1. The van der Waals surface area contributed by atoms with Gasteiger partial charge in [-0.15, -0.1) is 0 Å². The van der Waals surface area contributed by atoms with Crippen LogP contribution in [-0.2, 0) is 0 Å². The molecule has 6 nitrogen and oxygen atoms in total. The zero-order valence-electron chi connectivity index (χ0n) is 21.1. The lowest BCUT2D eigenvalue weighted by Crippen LogP contribution is -2.10. The summed E-state index contributed by atoms with van der Waals surface area (Å²) in [5.41, 5.74) is 8.14. The van der Waals surface area contributed by atoms with Crippen LogP contribution in [0.5, 0.6) is 0 Å². The summed E-state index contributed by atoms with van der Waals surface area (Å²) in [5, 5.41) is 28.3. The number of hydrogen-bond acceptors (Lipinski definition) is 6. The molecule has 0 radical (unpaired) electrons. The van der Waals surface area contributed by atoms with Crippen LogP contribution in [0.1, 0.15) is 16.7 Å². The van der Waals surface area contributed by atoms with Gasteiger partial charge in [-0.3, -0.25) is 0 Å². The van der Waals surface area contributed by atoms with E-state index in [1.54, 1.807) is 30.3 Å². The standard InChI is InChI=1S/C34H19N5O/c35-20-23-5-7-26(8-6-23)27-9-13-29(14-10-27)39(31-18-24(21-36)17-25(19-31)22-37)30-15-11-28(12-16-30)34-38-32-3-1-2-4-33(32)40-34/h1-19H. The number of nitrogens with zero attached hydrogens (tertiary/aromatic N) is 5. The van der Waals surface area contributed by atoms with Crippen molar-refractivity contribution in [2.24, 2.45) is 0 Å². The van der Waals surface area contributed by atoms with Crippen molar-refractivity contribution in [3.05, 3.63) is 132 Å². The summed E-state index contributed by atoms with van der Waals surface area (Å²) < 4.78 is 5.94. The highest BCUT2D eigenvalue weighted by Crippen LogP contribution is 2.37.